The van der Waals surface area contributed by atoms with E-state index in [0.29, 0.717) is 16.5 Å². The van der Waals surface area contributed by atoms with Crippen LogP contribution in [0.3, 0.4) is 0 Å². The lowest BCUT2D eigenvalue weighted by Gasteiger charge is -2.49. The maximum absolute atomic E-state index is 14.3. The van der Waals surface area contributed by atoms with Crippen molar-refractivity contribution in [1.82, 2.24) is 19.9 Å². The van der Waals surface area contributed by atoms with Crippen LogP contribution in [0.5, 0.6) is 11.5 Å². The number of carboxylic acids is 1. The van der Waals surface area contributed by atoms with E-state index in [1.54, 1.807) is 24.6 Å². The summed E-state index contributed by atoms with van der Waals surface area (Å²) >= 11 is 8.55. The fourth-order valence-corrected chi connectivity index (χ4v) is 9.98. The van der Waals surface area contributed by atoms with Gasteiger partial charge in [-0.05, 0) is 40.0 Å². The number of carboxylic acid groups (broad SMARTS) is 1. The SMILES string of the molecule is COc1ccc(COc2cn(OC)c(CO/N=C(\C(=O)N[C@@H]3C(=O)N4C(C(=O)O)=C(CCl)CS[C@H]34)c3csc(NC(c4ccccc4)(c4ccccc4)c4ccccc4)n3)cc2=O)cc1. The number of halogens is 1. The lowest BCUT2D eigenvalue weighted by molar-refractivity contribution is -0.150. The molecule has 2 atom stereocenters. The first-order valence-corrected chi connectivity index (χ1v) is 22.5. The first kappa shape index (κ1) is 44.5. The normalized spacial score (nSPS) is 16.0. The van der Waals surface area contributed by atoms with Gasteiger partial charge in [-0.3, -0.25) is 19.3 Å². The topological polar surface area (TPSA) is 183 Å². The molecule has 2 amide bonds. The Balaban J connectivity index is 1.10. The van der Waals surface area contributed by atoms with E-state index < -0.39 is 40.2 Å². The molecule has 0 aliphatic carbocycles. The van der Waals surface area contributed by atoms with Crippen LogP contribution in [-0.4, -0.2) is 80.5 Å². The van der Waals surface area contributed by atoms with E-state index in [1.807, 2.05) is 103 Å². The molecule has 4 heterocycles. The molecule has 0 spiro atoms. The summed E-state index contributed by atoms with van der Waals surface area (Å²) in [6, 6.07) is 37.1. The Kier molecular flexibility index (Phi) is 13.5. The Hall–Kier alpha value is -7.08. The van der Waals surface area contributed by atoms with Crippen LogP contribution in [-0.2, 0) is 38.0 Å². The molecule has 332 valence electrons. The van der Waals surface area contributed by atoms with Crippen LogP contribution in [0.1, 0.15) is 33.6 Å². The number of rotatable bonds is 18. The number of benzene rings is 4. The van der Waals surface area contributed by atoms with Crippen LogP contribution in [0.15, 0.2) is 154 Å². The number of carbonyl (C=O) groups excluding carboxylic acids is 2. The van der Waals surface area contributed by atoms with Gasteiger partial charge < -0.3 is 34.9 Å². The van der Waals surface area contributed by atoms with Gasteiger partial charge >= 0.3 is 5.97 Å². The Bertz CT molecular complexity index is 2710. The summed E-state index contributed by atoms with van der Waals surface area (Å²) in [5, 5.41) is 22.0. The predicted molar refractivity (Wildman–Crippen MR) is 247 cm³/mol. The summed E-state index contributed by atoms with van der Waals surface area (Å²) in [6.45, 7) is -0.229. The summed E-state index contributed by atoms with van der Waals surface area (Å²) in [5.41, 5.74) is 2.47. The van der Waals surface area contributed by atoms with Gasteiger partial charge in [-0.2, -0.15) is 4.73 Å². The largest absolute Gasteiger partial charge is 0.497 e. The maximum atomic E-state index is 14.3. The third-order valence-electron chi connectivity index (χ3n) is 10.8. The van der Waals surface area contributed by atoms with Crippen molar-refractivity contribution in [1.29, 1.82) is 0 Å². The van der Waals surface area contributed by atoms with Gasteiger partial charge in [-0.1, -0.05) is 108 Å². The quantitative estimate of drug-likeness (QED) is 0.0290. The number of anilines is 1. The van der Waals surface area contributed by atoms with Gasteiger partial charge in [0.05, 0.1) is 13.3 Å². The molecule has 2 aliphatic heterocycles. The number of ether oxygens (including phenoxy) is 2. The van der Waals surface area contributed by atoms with Crippen molar-refractivity contribution in [3.63, 3.8) is 0 Å². The van der Waals surface area contributed by atoms with E-state index in [1.165, 1.54) is 47.2 Å². The minimum atomic E-state index is -1.29. The Morgan fingerprint density at radius 2 is 1.54 bits per heavy atom. The smallest absolute Gasteiger partial charge is 0.352 e. The van der Waals surface area contributed by atoms with Crippen LogP contribution >= 0.6 is 34.7 Å². The van der Waals surface area contributed by atoms with E-state index in [0.717, 1.165) is 27.2 Å². The highest BCUT2D eigenvalue weighted by Gasteiger charge is 2.54. The minimum Gasteiger partial charge on any atom is -0.497 e. The highest BCUT2D eigenvalue weighted by molar-refractivity contribution is 8.00. The Morgan fingerprint density at radius 1 is 0.908 bits per heavy atom. The number of pyridine rings is 1. The standard InChI is InChI=1S/C47H41ClN6O9S2/c1-60-35-20-18-29(19-21-35)25-62-38-24-53(61-2)34(22-37(38)55)26-63-52-39(42(56)50-40-43(57)54-41(45(58)59)30(23-48)27-64-44(40)54)36-28-65-46(49-36)51-47(31-12-6-3-7-13-31,32-14-8-4-9-15-32)33-16-10-5-11-17-33/h3-22,24,28,40,44H,23,25-27H2,1-2H3,(H,49,51)(H,50,56)(H,58,59)/b52-39-/t40-,44-/m1/s1. The van der Waals surface area contributed by atoms with Crippen LogP contribution in [0.2, 0.25) is 0 Å². The van der Waals surface area contributed by atoms with E-state index in [-0.39, 0.29) is 53.4 Å². The monoisotopic (exact) mass is 932 g/mol. The molecule has 4 aromatic carbocycles. The number of aromatic nitrogens is 2. The van der Waals surface area contributed by atoms with Crippen LogP contribution in [0.4, 0.5) is 5.13 Å². The average molecular weight is 933 g/mol. The number of amides is 2. The van der Waals surface area contributed by atoms with Gasteiger partial charge in [0, 0.05) is 23.1 Å². The average Bonchev–Trinajstić information content (AvgIpc) is 3.81. The van der Waals surface area contributed by atoms with Gasteiger partial charge in [0.1, 0.15) is 53.5 Å². The molecule has 1 saturated heterocycles. The molecule has 6 aromatic rings. The number of hydrogen-bond donors (Lipinski definition) is 3. The highest BCUT2D eigenvalue weighted by Crippen LogP contribution is 2.42. The molecule has 0 unspecified atom stereocenters. The lowest BCUT2D eigenvalue weighted by atomic mass is 9.77. The molecule has 0 saturated carbocycles. The number of carbonyl (C=O) groups is 3. The molecule has 8 rings (SSSR count). The molecule has 2 aromatic heterocycles. The molecular formula is C47H41ClN6O9S2. The van der Waals surface area contributed by atoms with E-state index in [2.05, 4.69) is 15.8 Å². The number of β-lactam (4-membered cyclic amide) rings is 1. The van der Waals surface area contributed by atoms with Crippen molar-refractivity contribution in [2.45, 2.75) is 30.2 Å². The molecule has 0 radical (unpaired) electrons. The molecule has 18 heteroatoms. The summed E-state index contributed by atoms with van der Waals surface area (Å²) in [4.78, 5) is 70.6. The van der Waals surface area contributed by atoms with E-state index in [9.17, 15) is 24.3 Å². The number of aliphatic carboxylic acids is 1. The third-order valence-corrected chi connectivity index (χ3v) is 13.2. The second kappa shape index (κ2) is 19.8. The molecular weight excluding hydrogens is 892 g/mol. The summed E-state index contributed by atoms with van der Waals surface area (Å²) in [5.74, 6) is -1.81. The zero-order chi connectivity index (χ0) is 45.5. The molecule has 15 nitrogen and oxygen atoms in total. The molecule has 3 N–H and O–H groups in total. The third kappa shape index (κ3) is 9.16. The zero-order valence-electron chi connectivity index (χ0n) is 34.9. The Labute approximate surface area is 386 Å². The van der Waals surface area contributed by atoms with Crippen molar-refractivity contribution in [3.8, 4) is 11.5 Å². The summed E-state index contributed by atoms with van der Waals surface area (Å²) < 4.78 is 12.3. The van der Waals surface area contributed by atoms with Crippen molar-refractivity contribution in [2.24, 2.45) is 5.16 Å². The maximum Gasteiger partial charge on any atom is 0.352 e. The van der Waals surface area contributed by atoms with Crippen molar-refractivity contribution in [2.75, 3.05) is 31.2 Å². The molecule has 0 bridgehead atoms. The van der Waals surface area contributed by atoms with Crippen LogP contribution in [0, 0.1) is 0 Å². The number of oxime groups is 1. The first-order valence-electron chi connectivity index (χ1n) is 20.1. The number of nitrogens with one attached hydrogen (secondary N) is 2. The summed E-state index contributed by atoms with van der Waals surface area (Å²) in [6.07, 6.45) is 1.38. The summed E-state index contributed by atoms with van der Waals surface area (Å²) in [7, 11) is 2.97. The van der Waals surface area contributed by atoms with Crippen molar-refractivity contribution in [3.05, 3.63) is 188 Å². The second-order valence-corrected chi connectivity index (χ2v) is 16.8. The second-order valence-electron chi connectivity index (χ2n) is 14.6. The van der Waals surface area contributed by atoms with E-state index in [4.69, 9.17) is 35.7 Å². The minimum absolute atomic E-state index is 0.0222. The van der Waals surface area contributed by atoms with Gasteiger partial charge in [0.15, 0.2) is 23.2 Å². The Morgan fingerprint density at radius 3 is 2.11 bits per heavy atom. The highest BCUT2D eigenvalue weighted by atomic mass is 35.5. The molecule has 1 fully saturated rings. The van der Waals surface area contributed by atoms with Crippen molar-refractivity contribution >= 4 is 63.3 Å². The molecule has 65 heavy (non-hydrogen) atoms. The van der Waals surface area contributed by atoms with Gasteiger partial charge in [0.2, 0.25) is 5.43 Å². The fraction of sp³-hybridized carbons (Fsp3) is 0.191. The molecule has 2 aliphatic rings. The van der Waals surface area contributed by atoms with Gasteiger partial charge in [-0.15, -0.1) is 34.7 Å². The number of fused-ring (bicyclic) bond motifs is 1. The fourth-order valence-electron chi connectivity index (χ4n) is 7.55. The van der Waals surface area contributed by atoms with Gasteiger partial charge in [-0.25, -0.2) is 9.78 Å². The first-order chi connectivity index (χ1) is 31.6. The van der Waals surface area contributed by atoms with Crippen molar-refractivity contribution < 1.29 is 38.6 Å². The number of thiazole rings is 1. The lowest BCUT2D eigenvalue weighted by Crippen LogP contribution is -2.71. The number of alkyl halides is 1. The number of thioether (sulfide) groups is 1. The van der Waals surface area contributed by atoms with Gasteiger partial charge in [0.25, 0.3) is 11.8 Å². The van der Waals surface area contributed by atoms with E-state index >= 15 is 0 Å². The van der Waals surface area contributed by atoms with Crippen LogP contribution in [0.25, 0.3) is 0 Å². The number of hydrogen-bond acceptors (Lipinski definition) is 13. The number of methoxy groups -OCH3 is 1. The predicted octanol–water partition coefficient (Wildman–Crippen LogP) is 6.25. The number of nitrogens with zero attached hydrogens (tertiary/aromatic N) is 4. The zero-order valence-corrected chi connectivity index (χ0v) is 37.3. The van der Waals surface area contributed by atoms with Crippen LogP contribution < -0.4 is 30.4 Å².